The zero-order valence-corrected chi connectivity index (χ0v) is 14.2. The van der Waals surface area contributed by atoms with E-state index in [1.165, 1.54) is 7.11 Å². The summed E-state index contributed by atoms with van der Waals surface area (Å²) < 4.78 is 13.7. The highest BCUT2D eigenvalue weighted by molar-refractivity contribution is 7.10. The first-order valence-corrected chi connectivity index (χ1v) is 7.67. The van der Waals surface area contributed by atoms with E-state index in [9.17, 15) is 9.59 Å². The number of aryl methyl sites for hydroxylation is 2. The van der Waals surface area contributed by atoms with Crippen molar-refractivity contribution in [3.8, 4) is 5.75 Å². The third-order valence-electron chi connectivity index (χ3n) is 2.82. The summed E-state index contributed by atoms with van der Waals surface area (Å²) in [4.78, 5) is 26.9. The highest BCUT2D eigenvalue weighted by atomic mass is 35.5. The van der Waals surface area contributed by atoms with Crippen LogP contribution in [0.4, 0.5) is 5.13 Å². The van der Waals surface area contributed by atoms with Gasteiger partial charge in [-0.3, -0.25) is 10.1 Å². The third-order valence-corrected chi connectivity index (χ3v) is 4.05. The molecule has 9 heteroatoms. The second-order valence-corrected chi connectivity index (χ2v) is 5.75. The van der Waals surface area contributed by atoms with E-state index in [4.69, 9.17) is 16.3 Å². The van der Waals surface area contributed by atoms with Crippen LogP contribution in [0.2, 0.25) is 5.02 Å². The maximum atomic E-state index is 11.8. The van der Waals surface area contributed by atoms with Gasteiger partial charge in [0, 0.05) is 16.6 Å². The molecule has 2 rings (SSSR count). The Bertz CT molecular complexity index is 724. The van der Waals surface area contributed by atoms with E-state index < -0.39 is 11.9 Å². The number of hydrogen-bond acceptors (Lipinski definition) is 7. The largest absolute Gasteiger partial charge is 0.484 e. The molecule has 2 aromatic rings. The summed E-state index contributed by atoms with van der Waals surface area (Å²) >= 11 is 6.96. The van der Waals surface area contributed by atoms with Crippen molar-refractivity contribution in [2.45, 2.75) is 13.8 Å². The first-order chi connectivity index (χ1) is 10.9. The average molecular weight is 356 g/mol. The molecule has 0 aliphatic heterocycles. The number of rotatable bonds is 5. The van der Waals surface area contributed by atoms with E-state index >= 15 is 0 Å². The molecule has 1 N–H and O–H groups in total. The molecule has 0 saturated carbocycles. The molecule has 1 amide bonds. The lowest BCUT2D eigenvalue weighted by atomic mass is 10.1. The zero-order valence-electron chi connectivity index (χ0n) is 12.7. The average Bonchev–Trinajstić information content (AvgIpc) is 2.98. The molecule has 0 spiro atoms. The Morgan fingerprint density at radius 3 is 2.57 bits per heavy atom. The molecule has 0 bridgehead atoms. The number of anilines is 1. The molecule has 1 aromatic heterocycles. The van der Waals surface area contributed by atoms with Crippen molar-refractivity contribution in [2.24, 2.45) is 0 Å². The van der Waals surface area contributed by atoms with Gasteiger partial charge in [-0.1, -0.05) is 11.6 Å². The predicted molar refractivity (Wildman–Crippen MR) is 86.3 cm³/mol. The number of halogens is 1. The summed E-state index contributed by atoms with van der Waals surface area (Å²) in [6.45, 7) is 3.52. The molecule has 0 radical (unpaired) electrons. The Morgan fingerprint density at radius 1 is 1.30 bits per heavy atom. The van der Waals surface area contributed by atoms with Crippen molar-refractivity contribution in [1.82, 2.24) is 9.36 Å². The summed E-state index contributed by atoms with van der Waals surface area (Å²) in [5, 5.41) is 3.37. The highest BCUT2D eigenvalue weighted by Crippen LogP contribution is 2.25. The number of amides is 1. The summed E-state index contributed by atoms with van der Waals surface area (Å²) in [7, 11) is 1.23. The lowest BCUT2D eigenvalue weighted by Crippen LogP contribution is -2.20. The Labute approximate surface area is 141 Å². The number of benzene rings is 1. The lowest BCUT2D eigenvalue weighted by molar-refractivity contribution is -0.118. The third kappa shape index (κ3) is 4.40. The van der Waals surface area contributed by atoms with Crippen molar-refractivity contribution in [2.75, 3.05) is 19.0 Å². The molecule has 122 valence electrons. The Kier molecular flexibility index (Phi) is 5.51. The van der Waals surface area contributed by atoms with Crippen LogP contribution >= 0.6 is 23.1 Å². The van der Waals surface area contributed by atoms with Gasteiger partial charge in [-0.2, -0.15) is 9.36 Å². The van der Waals surface area contributed by atoms with Gasteiger partial charge in [-0.25, -0.2) is 4.79 Å². The monoisotopic (exact) mass is 355 g/mol. The molecule has 0 aliphatic rings. The number of esters is 1. The fourth-order valence-electron chi connectivity index (χ4n) is 1.74. The van der Waals surface area contributed by atoms with Gasteiger partial charge in [0.15, 0.2) is 6.61 Å². The van der Waals surface area contributed by atoms with Gasteiger partial charge >= 0.3 is 5.97 Å². The van der Waals surface area contributed by atoms with Gasteiger partial charge in [-0.05, 0) is 37.1 Å². The fraction of sp³-hybridized carbons (Fsp3) is 0.286. The molecule has 0 aliphatic carbocycles. The molecular weight excluding hydrogens is 342 g/mol. The molecule has 1 heterocycles. The van der Waals surface area contributed by atoms with Crippen LogP contribution in [0, 0.1) is 13.8 Å². The number of hydrogen-bond donors (Lipinski definition) is 1. The van der Waals surface area contributed by atoms with Gasteiger partial charge in [0.2, 0.25) is 5.13 Å². The van der Waals surface area contributed by atoms with Crippen LogP contribution < -0.4 is 10.1 Å². The first kappa shape index (κ1) is 17.2. The highest BCUT2D eigenvalue weighted by Gasteiger charge is 2.15. The smallest absolute Gasteiger partial charge is 0.377 e. The topological polar surface area (TPSA) is 90.4 Å². The second-order valence-electron chi connectivity index (χ2n) is 4.62. The summed E-state index contributed by atoms with van der Waals surface area (Å²) in [5.41, 5.74) is 1.74. The minimum absolute atomic E-state index is 0.0994. The standard InChI is InChI=1S/C14H14ClN3O4S/c1-7-4-9(5-8(2)11(7)15)22-6-10(19)16-14-17-12(18-23-14)13(20)21-3/h4-5H,6H2,1-3H3,(H,16,17,18,19). The Hall–Kier alpha value is -2.19. The van der Waals surface area contributed by atoms with Crippen LogP contribution in [0.1, 0.15) is 21.7 Å². The lowest BCUT2D eigenvalue weighted by Gasteiger charge is -2.09. The number of nitrogens with zero attached hydrogens (tertiary/aromatic N) is 2. The number of ether oxygens (including phenoxy) is 2. The summed E-state index contributed by atoms with van der Waals surface area (Å²) in [6.07, 6.45) is 0. The van der Waals surface area contributed by atoms with Crippen LogP contribution in [-0.2, 0) is 9.53 Å². The molecule has 0 saturated heterocycles. The molecule has 0 fully saturated rings. The maximum absolute atomic E-state index is 11.8. The number of carbonyl (C=O) groups excluding carboxylic acids is 2. The first-order valence-electron chi connectivity index (χ1n) is 6.52. The predicted octanol–water partition coefficient (Wildman–Crippen LogP) is 2.61. The fourth-order valence-corrected chi connectivity index (χ4v) is 2.43. The van der Waals surface area contributed by atoms with Crippen molar-refractivity contribution in [3.05, 3.63) is 34.1 Å². The molecule has 23 heavy (non-hydrogen) atoms. The van der Waals surface area contributed by atoms with Crippen LogP contribution in [-0.4, -0.2) is 35.0 Å². The molecular formula is C14H14ClN3O4S. The Morgan fingerprint density at radius 2 is 1.96 bits per heavy atom. The van der Waals surface area contributed by atoms with E-state index in [-0.39, 0.29) is 17.6 Å². The number of carbonyl (C=O) groups is 2. The minimum atomic E-state index is -0.662. The second kappa shape index (κ2) is 7.38. The summed E-state index contributed by atoms with van der Waals surface area (Å²) in [5.74, 6) is -0.627. The maximum Gasteiger partial charge on any atom is 0.377 e. The van der Waals surface area contributed by atoms with Gasteiger partial charge in [0.25, 0.3) is 11.7 Å². The van der Waals surface area contributed by atoms with Gasteiger partial charge < -0.3 is 9.47 Å². The van der Waals surface area contributed by atoms with E-state index in [2.05, 4.69) is 19.4 Å². The molecule has 0 atom stereocenters. The quantitative estimate of drug-likeness (QED) is 0.829. The van der Waals surface area contributed by atoms with Gasteiger partial charge in [-0.15, -0.1) is 0 Å². The van der Waals surface area contributed by atoms with E-state index in [1.54, 1.807) is 12.1 Å². The van der Waals surface area contributed by atoms with Crippen LogP contribution in [0.5, 0.6) is 5.75 Å². The molecule has 7 nitrogen and oxygen atoms in total. The van der Waals surface area contributed by atoms with Crippen molar-refractivity contribution in [1.29, 1.82) is 0 Å². The normalized spacial score (nSPS) is 10.3. The van der Waals surface area contributed by atoms with E-state index in [0.717, 1.165) is 22.7 Å². The van der Waals surface area contributed by atoms with Crippen molar-refractivity contribution >= 4 is 40.1 Å². The number of methoxy groups -OCH3 is 1. The van der Waals surface area contributed by atoms with Gasteiger partial charge in [0.05, 0.1) is 7.11 Å². The van der Waals surface area contributed by atoms with E-state index in [1.807, 2.05) is 13.8 Å². The zero-order chi connectivity index (χ0) is 17.0. The van der Waals surface area contributed by atoms with Crippen LogP contribution in [0.3, 0.4) is 0 Å². The SMILES string of the molecule is COC(=O)c1nsc(NC(=O)COc2cc(C)c(Cl)c(C)c2)n1. The van der Waals surface area contributed by atoms with Crippen molar-refractivity contribution < 1.29 is 19.1 Å². The van der Waals surface area contributed by atoms with E-state index in [0.29, 0.717) is 10.8 Å². The number of nitrogens with one attached hydrogen (secondary N) is 1. The van der Waals surface area contributed by atoms with Crippen LogP contribution in [0.15, 0.2) is 12.1 Å². The van der Waals surface area contributed by atoms with Gasteiger partial charge in [0.1, 0.15) is 5.75 Å². The summed E-state index contributed by atoms with van der Waals surface area (Å²) in [6, 6.07) is 3.51. The van der Waals surface area contributed by atoms with Crippen molar-refractivity contribution in [3.63, 3.8) is 0 Å². The molecule has 0 unspecified atom stereocenters. The van der Waals surface area contributed by atoms with Crippen LogP contribution in [0.25, 0.3) is 0 Å². The minimum Gasteiger partial charge on any atom is -0.484 e. The molecule has 1 aromatic carbocycles. The number of aromatic nitrogens is 2. The Balaban J connectivity index is 1.93.